The molecule has 0 saturated heterocycles. The second kappa shape index (κ2) is 7.03. The average Bonchev–Trinajstić information content (AvgIpc) is 2.87. The molecule has 1 aliphatic rings. The van der Waals surface area contributed by atoms with Crippen molar-refractivity contribution in [1.29, 1.82) is 0 Å². The van der Waals surface area contributed by atoms with Crippen LogP contribution >= 0.6 is 0 Å². The van der Waals surface area contributed by atoms with Gasteiger partial charge in [0.2, 0.25) is 0 Å². The number of nitrogens with zero attached hydrogens (tertiary/aromatic N) is 2. The van der Waals surface area contributed by atoms with Gasteiger partial charge >= 0.3 is 0 Å². The Hall–Kier alpha value is -2.37. The molecule has 0 spiro atoms. The van der Waals surface area contributed by atoms with Gasteiger partial charge in [0.15, 0.2) is 11.6 Å². The number of rotatable bonds is 6. The van der Waals surface area contributed by atoms with Gasteiger partial charge in [-0.15, -0.1) is 0 Å². The number of aromatic nitrogens is 2. The number of methoxy groups -OCH3 is 1. The molecule has 1 saturated carbocycles. The highest BCUT2D eigenvalue weighted by Gasteiger charge is 2.24. The van der Waals surface area contributed by atoms with Gasteiger partial charge in [-0.2, -0.15) is 0 Å². The maximum atomic E-state index is 13.7. The van der Waals surface area contributed by atoms with Gasteiger partial charge in [-0.1, -0.05) is 6.42 Å². The van der Waals surface area contributed by atoms with E-state index in [-0.39, 0.29) is 17.2 Å². The fraction of sp³-hybridized carbons (Fsp3) is 0.444. The molecule has 0 radical (unpaired) electrons. The molecule has 0 atom stereocenters. The lowest BCUT2D eigenvalue weighted by Gasteiger charge is -2.26. The zero-order chi connectivity index (χ0) is 17.1. The normalized spacial score (nSPS) is 14.3. The van der Waals surface area contributed by atoms with Crippen molar-refractivity contribution in [3.05, 3.63) is 47.3 Å². The third-order valence-corrected chi connectivity index (χ3v) is 4.59. The van der Waals surface area contributed by atoms with E-state index in [4.69, 9.17) is 4.74 Å². The van der Waals surface area contributed by atoms with Crippen LogP contribution in [0, 0.1) is 12.7 Å². The van der Waals surface area contributed by atoms with Crippen LogP contribution < -0.4 is 10.1 Å². The van der Waals surface area contributed by atoms with E-state index in [1.807, 2.05) is 13.1 Å². The van der Waals surface area contributed by atoms with E-state index in [9.17, 15) is 9.18 Å². The Bertz CT molecular complexity index is 738. The molecule has 24 heavy (non-hydrogen) atoms. The zero-order valence-electron chi connectivity index (χ0n) is 14.0. The average molecular weight is 331 g/mol. The molecule has 1 aromatic heterocycles. The van der Waals surface area contributed by atoms with Crippen molar-refractivity contribution < 1.29 is 13.9 Å². The van der Waals surface area contributed by atoms with Crippen molar-refractivity contribution in [3.63, 3.8) is 0 Å². The number of halogens is 1. The zero-order valence-corrected chi connectivity index (χ0v) is 14.0. The Morgan fingerprint density at radius 2 is 2.25 bits per heavy atom. The van der Waals surface area contributed by atoms with Crippen molar-refractivity contribution in [2.24, 2.45) is 0 Å². The third-order valence-electron chi connectivity index (χ3n) is 4.59. The van der Waals surface area contributed by atoms with Crippen molar-refractivity contribution in [1.82, 2.24) is 14.9 Å². The van der Waals surface area contributed by atoms with E-state index in [2.05, 4.69) is 14.9 Å². The molecule has 3 rings (SSSR count). The van der Waals surface area contributed by atoms with Gasteiger partial charge in [0.1, 0.15) is 5.82 Å². The Balaban J connectivity index is 1.59. The molecule has 0 unspecified atom stereocenters. The summed E-state index contributed by atoms with van der Waals surface area (Å²) < 4.78 is 20.7. The van der Waals surface area contributed by atoms with E-state index in [0.29, 0.717) is 19.0 Å². The summed E-state index contributed by atoms with van der Waals surface area (Å²) in [6, 6.07) is 4.20. The predicted octanol–water partition coefficient (Wildman–Crippen LogP) is 3.04. The quantitative estimate of drug-likeness (QED) is 0.885. The summed E-state index contributed by atoms with van der Waals surface area (Å²) in [5, 5.41) is 2.84. The second-order valence-corrected chi connectivity index (χ2v) is 6.14. The van der Waals surface area contributed by atoms with Gasteiger partial charge in [-0.25, -0.2) is 9.37 Å². The maximum absolute atomic E-state index is 13.7. The smallest absolute Gasteiger partial charge is 0.251 e. The van der Waals surface area contributed by atoms with E-state index >= 15 is 0 Å². The summed E-state index contributed by atoms with van der Waals surface area (Å²) in [5.41, 5.74) is 1.39. The summed E-state index contributed by atoms with van der Waals surface area (Å²) >= 11 is 0. The highest BCUT2D eigenvalue weighted by molar-refractivity contribution is 5.94. The summed E-state index contributed by atoms with van der Waals surface area (Å²) in [5.74, 6) is 0.960. The summed E-state index contributed by atoms with van der Waals surface area (Å²) in [7, 11) is 1.39. The fourth-order valence-electron chi connectivity index (χ4n) is 2.95. The van der Waals surface area contributed by atoms with Crippen LogP contribution in [0.3, 0.4) is 0 Å². The molecular formula is C18H22FN3O2. The molecular weight excluding hydrogens is 309 g/mol. The molecule has 1 aromatic carbocycles. The Morgan fingerprint density at radius 1 is 1.46 bits per heavy atom. The standard InChI is InChI=1S/C18H22FN3O2/c1-12-11-21-17(13-4-3-5-13)22(12)9-8-20-18(23)14-6-7-16(24-2)15(19)10-14/h6-7,10-11,13H,3-5,8-9H2,1-2H3,(H,20,23). The lowest BCUT2D eigenvalue weighted by atomic mass is 9.85. The molecule has 1 fully saturated rings. The number of ether oxygens (including phenoxy) is 1. The number of hydrogen-bond donors (Lipinski definition) is 1. The van der Waals surface area contributed by atoms with E-state index in [0.717, 1.165) is 11.5 Å². The van der Waals surface area contributed by atoms with Gasteiger partial charge < -0.3 is 14.6 Å². The van der Waals surface area contributed by atoms with Gasteiger partial charge in [0.25, 0.3) is 5.91 Å². The van der Waals surface area contributed by atoms with Crippen LogP contribution in [-0.4, -0.2) is 29.1 Å². The van der Waals surface area contributed by atoms with Crippen LogP contribution in [0.25, 0.3) is 0 Å². The molecule has 128 valence electrons. The van der Waals surface area contributed by atoms with Gasteiger partial charge in [0.05, 0.1) is 7.11 Å². The Morgan fingerprint density at radius 3 is 2.88 bits per heavy atom. The van der Waals surface area contributed by atoms with Crippen molar-refractivity contribution in [3.8, 4) is 5.75 Å². The molecule has 1 aliphatic carbocycles. The van der Waals surface area contributed by atoms with E-state index in [1.165, 1.54) is 38.5 Å². The second-order valence-electron chi connectivity index (χ2n) is 6.14. The molecule has 1 amide bonds. The first-order valence-corrected chi connectivity index (χ1v) is 8.24. The molecule has 0 bridgehead atoms. The first-order valence-electron chi connectivity index (χ1n) is 8.24. The number of carbonyl (C=O) groups excluding carboxylic acids is 1. The molecule has 0 aliphatic heterocycles. The number of amides is 1. The minimum absolute atomic E-state index is 0.130. The van der Waals surface area contributed by atoms with Crippen LogP contribution in [0.15, 0.2) is 24.4 Å². The molecule has 2 aromatic rings. The van der Waals surface area contributed by atoms with Crippen LogP contribution in [0.2, 0.25) is 0 Å². The minimum Gasteiger partial charge on any atom is -0.494 e. The number of nitrogens with one attached hydrogen (secondary N) is 1. The van der Waals surface area contributed by atoms with E-state index in [1.54, 1.807) is 6.07 Å². The number of hydrogen-bond acceptors (Lipinski definition) is 3. The molecule has 6 heteroatoms. The molecule has 5 nitrogen and oxygen atoms in total. The number of carbonyl (C=O) groups is 1. The number of benzene rings is 1. The lowest BCUT2D eigenvalue weighted by molar-refractivity contribution is 0.0951. The van der Waals surface area contributed by atoms with E-state index < -0.39 is 5.82 Å². The van der Waals surface area contributed by atoms with Crippen LogP contribution in [0.1, 0.15) is 47.1 Å². The molecule has 1 heterocycles. The third kappa shape index (κ3) is 3.27. The van der Waals surface area contributed by atoms with Crippen molar-refractivity contribution >= 4 is 5.91 Å². The van der Waals surface area contributed by atoms with Gasteiger partial charge in [-0.3, -0.25) is 4.79 Å². The first-order chi connectivity index (χ1) is 11.6. The number of imidazole rings is 1. The van der Waals surface area contributed by atoms with Crippen LogP contribution in [-0.2, 0) is 6.54 Å². The van der Waals surface area contributed by atoms with Crippen molar-refractivity contribution in [2.75, 3.05) is 13.7 Å². The fourth-order valence-corrected chi connectivity index (χ4v) is 2.95. The molecule has 1 N–H and O–H groups in total. The highest BCUT2D eigenvalue weighted by Crippen LogP contribution is 2.35. The SMILES string of the molecule is COc1ccc(C(=O)NCCn2c(C)cnc2C2CCC2)cc1F. The Kier molecular flexibility index (Phi) is 4.83. The monoisotopic (exact) mass is 331 g/mol. The minimum atomic E-state index is -0.539. The Labute approximate surface area is 140 Å². The van der Waals surface area contributed by atoms with Gasteiger partial charge in [0, 0.05) is 36.5 Å². The summed E-state index contributed by atoms with van der Waals surface area (Å²) in [6.45, 7) is 3.17. The highest BCUT2D eigenvalue weighted by atomic mass is 19.1. The summed E-state index contributed by atoms with van der Waals surface area (Å²) in [4.78, 5) is 16.7. The van der Waals surface area contributed by atoms with Crippen LogP contribution in [0.4, 0.5) is 4.39 Å². The van der Waals surface area contributed by atoms with Crippen LogP contribution in [0.5, 0.6) is 5.75 Å². The first kappa shape index (κ1) is 16.5. The van der Waals surface area contributed by atoms with Gasteiger partial charge in [-0.05, 0) is 38.0 Å². The lowest BCUT2D eigenvalue weighted by Crippen LogP contribution is -2.28. The van der Waals surface area contributed by atoms with Crippen molar-refractivity contribution in [2.45, 2.75) is 38.6 Å². The topological polar surface area (TPSA) is 56.1 Å². The maximum Gasteiger partial charge on any atom is 0.251 e. The largest absolute Gasteiger partial charge is 0.494 e. The number of aryl methyl sites for hydroxylation is 1. The summed E-state index contributed by atoms with van der Waals surface area (Å²) in [6.07, 6.45) is 5.52. The predicted molar refractivity (Wildman–Crippen MR) is 88.8 cm³/mol.